The number of likely N-dealkylation sites (tertiary alicyclic amines) is 1. The van der Waals surface area contributed by atoms with Crippen LogP contribution >= 0.6 is 0 Å². The number of anilines is 1. The molecule has 1 fully saturated rings. The van der Waals surface area contributed by atoms with Gasteiger partial charge in [0.25, 0.3) is 0 Å². The third-order valence-corrected chi connectivity index (χ3v) is 4.81. The van der Waals surface area contributed by atoms with Crippen LogP contribution in [0.25, 0.3) is 0 Å². The molecule has 1 unspecified atom stereocenters. The number of nitrogens with one attached hydrogen (secondary N) is 1. The van der Waals surface area contributed by atoms with Gasteiger partial charge in [-0.1, -0.05) is 6.92 Å². The fourth-order valence-corrected chi connectivity index (χ4v) is 3.22. The molecular formula is C19H32N4O2. The number of hydrogen-bond donors (Lipinski definition) is 2. The van der Waals surface area contributed by atoms with E-state index in [9.17, 15) is 0 Å². The number of ether oxygens (including phenoxy) is 2. The fourth-order valence-electron chi connectivity index (χ4n) is 3.22. The number of hydrogen-bond acceptors (Lipinski definition) is 4. The van der Waals surface area contributed by atoms with Crippen molar-refractivity contribution in [2.24, 2.45) is 16.6 Å². The summed E-state index contributed by atoms with van der Waals surface area (Å²) in [6, 6.07) is 5.58. The van der Waals surface area contributed by atoms with Crippen molar-refractivity contribution >= 4 is 11.6 Å². The van der Waals surface area contributed by atoms with Crippen molar-refractivity contribution in [3.63, 3.8) is 0 Å². The van der Waals surface area contributed by atoms with E-state index in [0.717, 1.165) is 24.7 Å². The highest BCUT2D eigenvalue weighted by Gasteiger charge is 2.29. The Balaban J connectivity index is 1.99. The van der Waals surface area contributed by atoms with Gasteiger partial charge in [-0.3, -0.25) is 9.89 Å². The summed E-state index contributed by atoms with van der Waals surface area (Å²) in [7, 11) is 3.23. The lowest BCUT2D eigenvalue weighted by Gasteiger charge is -2.42. The maximum atomic E-state index is 6.08. The summed E-state index contributed by atoms with van der Waals surface area (Å²) in [5, 5.41) is 3.13. The summed E-state index contributed by atoms with van der Waals surface area (Å²) in [5.41, 5.74) is 6.90. The molecule has 0 aromatic heterocycles. The van der Waals surface area contributed by atoms with Gasteiger partial charge in [-0.05, 0) is 51.3 Å². The van der Waals surface area contributed by atoms with E-state index in [0.29, 0.717) is 24.0 Å². The molecule has 1 aliphatic rings. The van der Waals surface area contributed by atoms with Crippen molar-refractivity contribution in [3.05, 3.63) is 18.2 Å². The highest BCUT2D eigenvalue weighted by molar-refractivity contribution is 5.92. The summed E-state index contributed by atoms with van der Waals surface area (Å²) >= 11 is 0. The molecule has 140 valence electrons. The molecule has 1 aromatic carbocycles. The number of methoxy groups -OCH3 is 2. The van der Waals surface area contributed by atoms with E-state index in [1.54, 1.807) is 14.2 Å². The van der Waals surface area contributed by atoms with Crippen LogP contribution in [0.2, 0.25) is 0 Å². The molecule has 0 radical (unpaired) electrons. The first-order chi connectivity index (χ1) is 11.9. The zero-order valence-electron chi connectivity index (χ0n) is 16.1. The van der Waals surface area contributed by atoms with Crippen molar-refractivity contribution in [3.8, 4) is 11.5 Å². The first kappa shape index (κ1) is 19.4. The maximum absolute atomic E-state index is 6.08. The lowest BCUT2D eigenvalue weighted by Crippen LogP contribution is -2.51. The van der Waals surface area contributed by atoms with Crippen molar-refractivity contribution in [1.82, 2.24) is 4.90 Å². The zero-order chi connectivity index (χ0) is 18.4. The van der Waals surface area contributed by atoms with E-state index in [1.165, 1.54) is 12.8 Å². The van der Waals surface area contributed by atoms with E-state index in [4.69, 9.17) is 15.2 Å². The molecule has 25 heavy (non-hydrogen) atoms. The van der Waals surface area contributed by atoms with Crippen LogP contribution in [-0.2, 0) is 0 Å². The lowest BCUT2D eigenvalue weighted by molar-refractivity contribution is 0.0775. The Morgan fingerprint density at radius 3 is 2.68 bits per heavy atom. The second kappa shape index (κ2) is 8.43. The van der Waals surface area contributed by atoms with Gasteiger partial charge in [0, 0.05) is 23.8 Å². The molecule has 1 aliphatic heterocycles. The summed E-state index contributed by atoms with van der Waals surface area (Å²) in [6.45, 7) is 9.71. The second-order valence-electron chi connectivity index (χ2n) is 7.40. The predicted octanol–water partition coefficient (Wildman–Crippen LogP) is 2.94. The molecule has 0 amide bonds. The van der Waals surface area contributed by atoms with Gasteiger partial charge in [-0.15, -0.1) is 0 Å². The largest absolute Gasteiger partial charge is 0.493 e. The predicted molar refractivity (Wildman–Crippen MR) is 104 cm³/mol. The van der Waals surface area contributed by atoms with Gasteiger partial charge in [0.15, 0.2) is 17.5 Å². The van der Waals surface area contributed by atoms with Gasteiger partial charge < -0.3 is 20.5 Å². The standard InChI is InChI=1S/C19H32N4O2/c1-14-7-6-10-23(12-14)19(2,3)13-21-18(20)22-15-8-9-16(24-4)17(11-15)25-5/h8-9,11,14H,6-7,10,12-13H2,1-5H3,(H3,20,21,22). The number of nitrogens with zero attached hydrogens (tertiary/aromatic N) is 2. The topological polar surface area (TPSA) is 72.1 Å². The van der Waals surface area contributed by atoms with Gasteiger partial charge in [0.05, 0.1) is 20.8 Å². The molecule has 6 nitrogen and oxygen atoms in total. The number of rotatable bonds is 6. The highest BCUT2D eigenvalue weighted by atomic mass is 16.5. The maximum Gasteiger partial charge on any atom is 0.193 e. The first-order valence-corrected chi connectivity index (χ1v) is 8.89. The Morgan fingerprint density at radius 2 is 2.04 bits per heavy atom. The second-order valence-corrected chi connectivity index (χ2v) is 7.40. The minimum Gasteiger partial charge on any atom is -0.493 e. The fraction of sp³-hybridized carbons (Fsp3) is 0.632. The Kier molecular flexibility index (Phi) is 6.53. The quantitative estimate of drug-likeness (QED) is 0.611. The molecule has 1 aromatic rings. The summed E-state index contributed by atoms with van der Waals surface area (Å²) in [4.78, 5) is 7.08. The van der Waals surface area contributed by atoms with Crippen molar-refractivity contribution in [2.75, 3.05) is 39.2 Å². The van der Waals surface area contributed by atoms with Crippen LogP contribution in [0.4, 0.5) is 5.69 Å². The molecule has 1 heterocycles. The number of benzene rings is 1. The molecular weight excluding hydrogens is 316 g/mol. The molecule has 0 saturated carbocycles. The van der Waals surface area contributed by atoms with Gasteiger partial charge in [-0.2, -0.15) is 0 Å². The van der Waals surface area contributed by atoms with Crippen LogP contribution in [0.3, 0.4) is 0 Å². The van der Waals surface area contributed by atoms with E-state index in [-0.39, 0.29) is 5.54 Å². The minimum atomic E-state index is -0.00141. The molecule has 0 spiro atoms. The summed E-state index contributed by atoms with van der Waals surface area (Å²) in [6.07, 6.45) is 2.58. The molecule has 6 heteroatoms. The minimum absolute atomic E-state index is 0.00141. The van der Waals surface area contributed by atoms with E-state index < -0.39 is 0 Å². The monoisotopic (exact) mass is 348 g/mol. The number of guanidine groups is 1. The van der Waals surface area contributed by atoms with Gasteiger partial charge in [-0.25, -0.2) is 0 Å². The first-order valence-electron chi connectivity index (χ1n) is 8.89. The average molecular weight is 348 g/mol. The smallest absolute Gasteiger partial charge is 0.193 e. The van der Waals surface area contributed by atoms with Crippen LogP contribution in [0.1, 0.15) is 33.6 Å². The molecule has 0 aliphatic carbocycles. The van der Waals surface area contributed by atoms with E-state index in [1.807, 2.05) is 18.2 Å². The third-order valence-electron chi connectivity index (χ3n) is 4.81. The highest BCUT2D eigenvalue weighted by Crippen LogP contribution is 2.29. The Bertz CT molecular complexity index is 601. The summed E-state index contributed by atoms with van der Waals surface area (Å²) in [5.74, 6) is 2.50. The normalized spacial score (nSPS) is 19.6. The van der Waals surface area contributed by atoms with Gasteiger partial charge >= 0.3 is 0 Å². The Hall–Kier alpha value is -1.95. The summed E-state index contributed by atoms with van der Waals surface area (Å²) < 4.78 is 10.6. The van der Waals surface area contributed by atoms with Gasteiger partial charge in [0.2, 0.25) is 0 Å². The van der Waals surface area contributed by atoms with Crippen molar-refractivity contribution in [1.29, 1.82) is 0 Å². The lowest BCUT2D eigenvalue weighted by atomic mass is 9.94. The molecule has 1 saturated heterocycles. The SMILES string of the molecule is COc1ccc(NC(N)=NCC(C)(C)N2CCCC(C)C2)cc1OC. The van der Waals surface area contributed by atoms with Crippen molar-refractivity contribution < 1.29 is 9.47 Å². The van der Waals surface area contributed by atoms with Crippen LogP contribution < -0.4 is 20.5 Å². The third kappa shape index (κ3) is 5.26. The Labute approximate surface area is 151 Å². The number of piperidine rings is 1. The van der Waals surface area contributed by atoms with E-state index >= 15 is 0 Å². The van der Waals surface area contributed by atoms with E-state index in [2.05, 4.69) is 36.0 Å². The van der Waals surface area contributed by atoms with Gasteiger partial charge in [0.1, 0.15) is 0 Å². The van der Waals surface area contributed by atoms with Crippen molar-refractivity contribution in [2.45, 2.75) is 39.2 Å². The Morgan fingerprint density at radius 1 is 1.32 bits per heavy atom. The molecule has 1 atom stereocenters. The molecule has 0 bridgehead atoms. The molecule has 3 N–H and O–H groups in total. The van der Waals surface area contributed by atoms with Crippen LogP contribution in [-0.4, -0.2) is 50.3 Å². The average Bonchev–Trinajstić information content (AvgIpc) is 2.60. The van der Waals surface area contributed by atoms with Crippen LogP contribution in [0.15, 0.2) is 23.2 Å². The zero-order valence-corrected chi connectivity index (χ0v) is 16.1. The number of aliphatic imine (C=N–C) groups is 1. The van der Waals surface area contributed by atoms with Crippen LogP contribution in [0, 0.1) is 5.92 Å². The number of nitrogens with two attached hydrogens (primary N) is 1. The van der Waals surface area contributed by atoms with Crippen LogP contribution in [0.5, 0.6) is 11.5 Å². The molecule has 2 rings (SSSR count).